The highest BCUT2D eigenvalue weighted by molar-refractivity contribution is 7.89. The zero-order valence-electron chi connectivity index (χ0n) is 9.61. The van der Waals surface area contributed by atoms with Crippen molar-refractivity contribution in [1.29, 1.82) is 0 Å². The van der Waals surface area contributed by atoms with Gasteiger partial charge in [0.25, 0.3) is 0 Å². The number of hydrogen-bond acceptors (Lipinski definition) is 4. The summed E-state index contributed by atoms with van der Waals surface area (Å²) in [6.07, 6.45) is 0.207. The molecule has 0 aromatic heterocycles. The summed E-state index contributed by atoms with van der Waals surface area (Å²) in [6.45, 7) is 0.368. The van der Waals surface area contributed by atoms with E-state index in [9.17, 15) is 13.2 Å². The predicted molar refractivity (Wildman–Crippen MR) is 72.1 cm³/mol. The molecule has 1 aliphatic rings. The van der Waals surface area contributed by atoms with Crippen molar-refractivity contribution in [3.05, 3.63) is 24.3 Å². The van der Waals surface area contributed by atoms with Crippen LogP contribution >= 0.6 is 12.6 Å². The molecular weight excluding hydrogens is 272 g/mol. The van der Waals surface area contributed by atoms with Crippen LogP contribution in [-0.4, -0.2) is 26.6 Å². The van der Waals surface area contributed by atoms with Gasteiger partial charge in [-0.1, -0.05) is 12.1 Å². The van der Waals surface area contributed by atoms with Crippen LogP contribution in [0.4, 0.5) is 5.69 Å². The molecule has 0 radical (unpaired) electrons. The number of hydrogen-bond donors (Lipinski definition) is 2. The number of nitrogens with zero attached hydrogens (tertiary/aromatic N) is 1. The number of primary sulfonamides is 1. The SMILES string of the molecule is NS(=O)(=O)CC1CC(=O)N(c2ccccc2S)C1. The van der Waals surface area contributed by atoms with Crippen LogP contribution in [0.2, 0.25) is 0 Å². The monoisotopic (exact) mass is 286 g/mol. The quantitative estimate of drug-likeness (QED) is 0.799. The highest BCUT2D eigenvalue weighted by Crippen LogP contribution is 2.30. The van der Waals surface area contributed by atoms with Gasteiger partial charge < -0.3 is 4.90 Å². The number of amides is 1. The van der Waals surface area contributed by atoms with Crippen molar-refractivity contribution >= 4 is 34.2 Å². The van der Waals surface area contributed by atoms with Crippen LogP contribution in [0, 0.1) is 5.92 Å². The largest absolute Gasteiger partial charge is 0.311 e. The fourth-order valence-corrected chi connectivity index (χ4v) is 3.31. The van der Waals surface area contributed by atoms with Crippen LogP contribution in [0.15, 0.2) is 29.2 Å². The minimum Gasteiger partial charge on any atom is -0.311 e. The molecule has 2 N–H and O–H groups in total. The normalized spacial score (nSPS) is 20.4. The molecule has 98 valence electrons. The molecule has 5 nitrogen and oxygen atoms in total. The van der Waals surface area contributed by atoms with Crippen molar-refractivity contribution in [2.24, 2.45) is 11.1 Å². The van der Waals surface area contributed by atoms with E-state index in [0.29, 0.717) is 17.1 Å². The van der Waals surface area contributed by atoms with E-state index < -0.39 is 10.0 Å². The minimum absolute atomic E-state index is 0.0925. The Bertz CT molecular complexity index is 571. The first-order valence-corrected chi connectivity index (χ1v) is 7.62. The molecular formula is C11H14N2O3S2. The minimum atomic E-state index is -3.54. The van der Waals surface area contributed by atoms with Crippen molar-refractivity contribution in [1.82, 2.24) is 0 Å². The van der Waals surface area contributed by atoms with Crippen LogP contribution in [0.1, 0.15) is 6.42 Å². The lowest BCUT2D eigenvalue weighted by atomic mass is 10.1. The lowest BCUT2D eigenvalue weighted by Crippen LogP contribution is -2.27. The van der Waals surface area contributed by atoms with Crippen molar-refractivity contribution in [2.45, 2.75) is 11.3 Å². The van der Waals surface area contributed by atoms with Gasteiger partial charge in [-0.05, 0) is 12.1 Å². The Morgan fingerprint density at radius 3 is 2.67 bits per heavy atom. The first kappa shape index (κ1) is 13.4. The Morgan fingerprint density at radius 2 is 2.06 bits per heavy atom. The number of thiol groups is 1. The van der Waals surface area contributed by atoms with Gasteiger partial charge in [-0.3, -0.25) is 4.79 Å². The molecule has 0 bridgehead atoms. The maximum Gasteiger partial charge on any atom is 0.227 e. The summed E-state index contributed by atoms with van der Waals surface area (Å²) >= 11 is 4.29. The molecule has 1 fully saturated rings. The number of rotatable bonds is 3. The van der Waals surface area contributed by atoms with Gasteiger partial charge >= 0.3 is 0 Å². The van der Waals surface area contributed by atoms with E-state index in [4.69, 9.17) is 5.14 Å². The topological polar surface area (TPSA) is 80.5 Å². The standard InChI is InChI=1S/C11H14N2O3S2/c12-18(15,16)7-8-5-11(14)13(6-8)9-3-1-2-4-10(9)17/h1-4,8,17H,5-7H2,(H2,12,15,16). The number of carbonyl (C=O) groups is 1. The Morgan fingerprint density at radius 1 is 1.39 bits per heavy atom. The van der Waals surface area contributed by atoms with E-state index in [-0.39, 0.29) is 24.0 Å². The van der Waals surface area contributed by atoms with E-state index >= 15 is 0 Å². The first-order valence-electron chi connectivity index (χ1n) is 5.45. The van der Waals surface area contributed by atoms with Gasteiger partial charge in [-0.25, -0.2) is 13.6 Å². The summed E-state index contributed by atoms with van der Waals surface area (Å²) in [5.41, 5.74) is 0.711. The van der Waals surface area contributed by atoms with Gasteiger partial charge in [0.15, 0.2) is 0 Å². The van der Waals surface area contributed by atoms with E-state index in [1.165, 1.54) is 0 Å². The van der Waals surface area contributed by atoms with Gasteiger partial charge in [-0.15, -0.1) is 12.6 Å². The lowest BCUT2D eigenvalue weighted by molar-refractivity contribution is -0.117. The molecule has 1 unspecified atom stereocenters. The number of benzene rings is 1. The Kier molecular flexibility index (Phi) is 3.65. The average molecular weight is 286 g/mol. The van der Waals surface area contributed by atoms with Crippen LogP contribution in [0.3, 0.4) is 0 Å². The van der Waals surface area contributed by atoms with Gasteiger partial charge in [-0.2, -0.15) is 0 Å². The lowest BCUT2D eigenvalue weighted by Gasteiger charge is -2.18. The second kappa shape index (κ2) is 4.91. The fourth-order valence-electron chi connectivity index (χ4n) is 2.15. The molecule has 7 heteroatoms. The molecule has 0 aliphatic carbocycles. The summed E-state index contributed by atoms with van der Waals surface area (Å²) in [5, 5.41) is 5.00. The molecule has 1 amide bonds. The predicted octanol–water partition coefficient (Wildman–Crippen LogP) is 0.617. The van der Waals surface area contributed by atoms with Crippen LogP contribution in [0.25, 0.3) is 0 Å². The molecule has 1 aromatic carbocycles. The Labute approximate surface area is 111 Å². The smallest absolute Gasteiger partial charge is 0.227 e. The van der Waals surface area contributed by atoms with Gasteiger partial charge in [0.1, 0.15) is 0 Å². The molecule has 1 aliphatic heterocycles. The number of anilines is 1. The maximum absolute atomic E-state index is 11.9. The first-order chi connectivity index (χ1) is 8.37. The molecule has 1 aromatic rings. The average Bonchev–Trinajstić information content (AvgIpc) is 2.57. The third-order valence-corrected chi connectivity index (χ3v) is 4.16. The molecule has 1 atom stereocenters. The molecule has 1 heterocycles. The number of nitrogens with two attached hydrogens (primary N) is 1. The summed E-state index contributed by atoms with van der Waals surface area (Å²) in [4.78, 5) is 14.1. The van der Waals surface area contributed by atoms with Crippen molar-refractivity contribution in [3.63, 3.8) is 0 Å². The molecule has 1 saturated heterocycles. The second-order valence-electron chi connectivity index (χ2n) is 4.39. The Balaban J connectivity index is 2.18. The third kappa shape index (κ3) is 3.04. The van der Waals surface area contributed by atoms with Crippen molar-refractivity contribution in [3.8, 4) is 0 Å². The number of sulfonamides is 1. The zero-order chi connectivity index (χ0) is 13.3. The van der Waals surface area contributed by atoms with E-state index in [1.54, 1.807) is 17.0 Å². The third-order valence-electron chi connectivity index (χ3n) is 2.85. The van der Waals surface area contributed by atoms with Gasteiger partial charge in [0, 0.05) is 23.8 Å². The van der Waals surface area contributed by atoms with Gasteiger partial charge in [0.05, 0.1) is 11.4 Å². The van der Waals surface area contributed by atoms with Crippen LogP contribution < -0.4 is 10.0 Å². The van der Waals surface area contributed by atoms with Crippen LogP contribution in [0.5, 0.6) is 0 Å². The maximum atomic E-state index is 11.9. The van der Waals surface area contributed by atoms with Crippen molar-refractivity contribution < 1.29 is 13.2 Å². The molecule has 18 heavy (non-hydrogen) atoms. The van der Waals surface area contributed by atoms with E-state index in [2.05, 4.69) is 12.6 Å². The molecule has 2 rings (SSSR count). The van der Waals surface area contributed by atoms with E-state index in [1.807, 2.05) is 12.1 Å². The molecule has 0 spiro atoms. The summed E-state index contributed by atoms with van der Waals surface area (Å²) in [7, 11) is -3.54. The summed E-state index contributed by atoms with van der Waals surface area (Å²) in [5.74, 6) is -0.505. The van der Waals surface area contributed by atoms with E-state index in [0.717, 1.165) is 0 Å². The Hall–Kier alpha value is -1.05. The highest BCUT2D eigenvalue weighted by atomic mass is 32.2. The summed E-state index contributed by atoms with van der Waals surface area (Å²) < 4.78 is 22.1. The van der Waals surface area contributed by atoms with Crippen LogP contribution in [-0.2, 0) is 14.8 Å². The fraction of sp³-hybridized carbons (Fsp3) is 0.364. The van der Waals surface area contributed by atoms with Gasteiger partial charge in [0.2, 0.25) is 15.9 Å². The number of carbonyl (C=O) groups excluding carboxylic acids is 1. The zero-order valence-corrected chi connectivity index (χ0v) is 11.3. The second-order valence-corrected chi connectivity index (χ2v) is 6.53. The molecule has 0 saturated carbocycles. The summed E-state index contributed by atoms with van der Waals surface area (Å²) in [6, 6.07) is 7.22. The number of para-hydroxylation sites is 1. The van der Waals surface area contributed by atoms with Crippen molar-refractivity contribution in [2.75, 3.05) is 17.2 Å². The highest BCUT2D eigenvalue weighted by Gasteiger charge is 2.33.